The average Bonchev–Trinajstić information content (AvgIpc) is 3.63. The summed E-state index contributed by atoms with van der Waals surface area (Å²) in [6.45, 7) is 2.84. The van der Waals surface area contributed by atoms with Crippen molar-refractivity contribution in [1.29, 1.82) is 0 Å². The Kier molecular flexibility index (Phi) is 4.65. The van der Waals surface area contributed by atoms with Crippen molar-refractivity contribution in [2.75, 3.05) is 0 Å². The number of rotatable bonds is 5. The van der Waals surface area contributed by atoms with Gasteiger partial charge in [0.15, 0.2) is 0 Å². The number of imide groups is 1. The number of aromatic amines is 1. The Morgan fingerprint density at radius 2 is 1.78 bits per heavy atom. The second-order valence-electron chi connectivity index (χ2n) is 8.65. The third-order valence-electron chi connectivity index (χ3n) is 6.65. The quantitative estimate of drug-likeness (QED) is 0.223. The van der Waals surface area contributed by atoms with Gasteiger partial charge in [0, 0.05) is 83.5 Å². The zero-order chi connectivity index (χ0) is 25.1. The maximum Gasteiger partial charge on any atom is 0.271 e. The molecule has 10 nitrogen and oxygen atoms in total. The minimum atomic E-state index is -0.503. The number of amides is 2. The predicted molar refractivity (Wildman–Crippen MR) is 135 cm³/mol. The number of H-pyrrole nitrogens is 1. The van der Waals surface area contributed by atoms with E-state index in [1.807, 2.05) is 35.9 Å². The summed E-state index contributed by atoms with van der Waals surface area (Å²) in [5.41, 5.74) is 3.93. The number of carbonyl (C=O) groups is 2. The molecule has 5 aromatic rings. The van der Waals surface area contributed by atoms with Crippen LogP contribution in [-0.4, -0.2) is 35.8 Å². The Bertz CT molecular complexity index is 1780. The van der Waals surface area contributed by atoms with E-state index in [-0.39, 0.29) is 16.8 Å². The number of hydrogen-bond acceptors (Lipinski definition) is 5. The molecule has 0 spiro atoms. The molecule has 0 aliphatic carbocycles. The van der Waals surface area contributed by atoms with Gasteiger partial charge in [0.2, 0.25) is 0 Å². The molecule has 0 unspecified atom stereocenters. The molecule has 4 heterocycles. The van der Waals surface area contributed by atoms with Crippen LogP contribution in [-0.2, 0) is 23.2 Å². The molecule has 0 fully saturated rings. The van der Waals surface area contributed by atoms with Crippen LogP contribution in [0.25, 0.3) is 44.3 Å². The largest absolute Gasteiger partial charge is 0.361 e. The van der Waals surface area contributed by atoms with Crippen LogP contribution in [0.1, 0.15) is 18.1 Å². The molecule has 6 rings (SSSR count). The third-order valence-corrected chi connectivity index (χ3v) is 6.65. The number of nitro groups is 1. The SMILES string of the molecule is CCn1ccnc1-c1ccc2c(C3=C(c4cn(C)c5cc([N+](=O)[O-])ccc45)C(=O)NC3=O)c[nH]c2c1. The summed E-state index contributed by atoms with van der Waals surface area (Å²) < 4.78 is 3.76. The van der Waals surface area contributed by atoms with Crippen LogP contribution in [0.3, 0.4) is 0 Å². The van der Waals surface area contributed by atoms with Crippen LogP contribution in [0.5, 0.6) is 0 Å². The molecule has 2 aromatic carbocycles. The van der Waals surface area contributed by atoms with Gasteiger partial charge >= 0.3 is 0 Å². The number of imidazole rings is 1. The van der Waals surface area contributed by atoms with Crippen LogP contribution in [0.15, 0.2) is 61.2 Å². The lowest BCUT2D eigenvalue weighted by Crippen LogP contribution is -2.22. The highest BCUT2D eigenvalue weighted by atomic mass is 16.6. The van der Waals surface area contributed by atoms with E-state index in [2.05, 4.69) is 15.3 Å². The van der Waals surface area contributed by atoms with Crippen molar-refractivity contribution in [2.45, 2.75) is 13.5 Å². The molecule has 2 amide bonds. The molecule has 2 N–H and O–H groups in total. The van der Waals surface area contributed by atoms with E-state index in [9.17, 15) is 19.7 Å². The highest BCUT2D eigenvalue weighted by molar-refractivity contribution is 6.50. The first-order chi connectivity index (χ1) is 17.4. The van der Waals surface area contributed by atoms with Crippen LogP contribution in [0.2, 0.25) is 0 Å². The summed E-state index contributed by atoms with van der Waals surface area (Å²) in [6.07, 6.45) is 7.13. The predicted octanol–water partition coefficient (Wildman–Crippen LogP) is 4.02. The van der Waals surface area contributed by atoms with Crippen molar-refractivity contribution in [3.05, 3.63) is 82.4 Å². The van der Waals surface area contributed by atoms with Gasteiger partial charge in [0.25, 0.3) is 17.5 Å². The van der Waals surface area contributed by atoms with Gasteiger partial charge in [-0.3, -0.25) is 25.0 Å². The molecule has 3 aromatic heterocycles. The second-order valence-corrected chi connectivity index (χ2v) is 8.65. The van der Waals surface area contributed by atoms with Gasteiger partial charge in [-0.15, -0.1) is 0 Å². The number of aromatic nitrogens is 4. The molecule has 178 valence electrons. The van der Waals surface area contributed by atoms with E-state index in [0.29, 0.717) is 22.0 Å². The standard InChI is InChI=1S/C26H20N6O4/c1-3-31-9-8-27-24(31)14-4-6-16-18(12-28-20(16)10-14)22-23(26(34)29-25(22)33)19-13-30(2)21-11-15(32(35)36)5-7-17(19)21/h4-13,28H,3H2,1-2H3,(H,29,33,34). The Morgan fingerprint density at radius 1 is 1.03 bits per heavy atom. The topological polar surface area (TPSA) is 128 Å². The Morgan fingerprint density at radius 3 is 2.53 bits per heavy atom. The lowest BCUT2D eigenvalue weighted by molar-refractivity contribution is -0.384. The van der Waals surface area contributed by atoms with E-state index < -0.39 is 16.7 Å². The second kappa shape index (κ2) is 7.77. The highest BCUT2D eigenvalue weighted by Crippen LogP contribution is 2.39. The summed E-state index contributed by atoms with van der Waals surface area (Å²) in [6, 6.07) is 10.3. The van der Waals surface area contributed by atoms with Crippen molar-refractivity contribution in [3.8, 4) is 11.4 Å². The number of non-ortho nitro benzene ring substituents is 1. The Balaban J connectivity index is 1.54. The lowest BCUT2D eigenvalue weighted by Gasteiger charge is -2.06. The molecule has 1 aliphatic rings. The Labute approximate surface area is 204 Å². The normalized spacial score (nSPS) is 13.8. The summed E-state index contributed by atoms with van der Waals surface area (Å²) in [5, 5.41) is 15.1. The minimum Gasteiger partial charge on any atom is -0.361 e. The van der Waals surface area contributed by atoms with Gasteiger partial charge < -0.3 is 14.1 Å². The summed E-state index contributed by atoms with van der Waals surface area (Å²) >= 11 is 0. The van der Waals surface area contributed by atoms with Crippen LogP contribution in [0.4, 0.5) is 5.69 Å². The fourth-order valence-corrected chi connectivity index (χ4v) is 4.95. The zero-order valence-corrected chi connectivity index (χ0v) is 19.4. The molecule has 0 radical (unpaired) electrons. The molecular formula is C26H20N6O4. The van der Waals surface area contributed by atoms with Crippen molar-refractivity contribution in [3.63, 3.8) is 0 Å². The van der Waals surface area contributed by atoms with Crippen molar-refractivity contribution in [1.82, 2.24) is 24.4 Å². The zero-order valence-electron chi connectivity index (χ0n) is 19.4. The number of nitro benzene ring substituents is 1. The number of hydrogen-bond donors (Lipinski definition) is 2. The van der Waals surface area contributed by atoms with Crippen molar-refractivity contribution in [2.24, 2.45) is 7.05 Å². The van der Waals surface area contributed by atoms with E-state index in [1.165, 1.54) is 12.1 Å². The maximum absolute atomic E-state index is 13.0. The molecule has 36 heavy (non-hydrogen) atoms. The first-order valence-corrected chi connectivity index (χ1v) is 11.3. The molecule has 10 heteroatoms. The van der Waals surface area contributed by atoms with Crippen LogP contribution < -0.4 is 5.32 Å². The number of nitrogens with one attached hydrogen (secondary N) is 2. The van der Waals surface area contributed by atoms with Gasteiger partial charge in [0.05, 0.1) is 21.6 Å². The molecule has 0 bridgehead atoms. The fourth-order valence-electron chi connectivity index (χ4n) is 4.95. The molecule has 0 saturated heterocycles. The number of aryl methyl sites for hydroxylation is 2. The monoisotopic (exact) mass is 480 g/mol. The summed E-state index contributed by atoms with van der Waals surface area (Å²) in [5.74, 6) is -0.147. The highest BCUT2D eigenvalue weighted by Gasteiger charge is 2.35. The number of benzene rings is 2. The number of fused-ring (bicyclic) bond motifs is 2. The summed E-state index contributed by atoms with van der Waals surface area (Å²) in [7, 11) is 1.75. The molecular weight excluding hydrogens is 460 g/mol. The summed E-state index contributed by atoms with van der Waals surface area (Å²) in [4.78, 5) is 44.5. The number of nitrogens with zero attached hydrogens (tertiary/aromatic N) is 4. The van der Waals surface area contributed by atoms with E-state index in [4.69, 9.17) is 0 Å². The average molecular weight is 480 g/mol. The lowest BCUT2D eigenvalue weighted by atomic mass is 9.95. The maximum atomic E-state index is 13.0. The smallest absolute Gasteiger partial charge is 0.271 e. The first kappa shape index (κ1) is 21.5. The third kappa shape index (κ3) is 3.08. The fraction of sp³-hybridized carbons (Fsp3) is 0.115. The van der Waals surface area contributed by atoms with E-state index >= 15 is 0 Å². The number of carbonyl (C=O) groups excluding carboxylic acids is 2. The van der Waals surface area contributed by atoms with Gasteiger partial charge in [0.1, 0.15) is 5.82 Å². The minimum absolute atomic E-state index is 0.0486. The van der Waals surface area contributed by atoms with Gasteiger partial charge in [-0.05, 0) is 19.1 Å². The van der Waals surface area contributed by atoms with Crippen LogP contribution in [0, 0.1) is 10.1 Å². The van der Waals surface area contributed by atoms with E-state index in [1.54, 1.807) is 36.3 Å². The Hall–Kier alpha value is -4.99. The van der Waals surface area contributed by atoms with E-state index in [0.717, 1.165) is 28.8 Å². The van der Waals surface area contributed by atoms with Crippen LogP contribution >= 0.6 is 0 Å². The van der Waals surface area contributed by atoms with Gasteiger partial charge in [-0.25, -0.2) is 4.98 Å². The molecule has 0 atom stereocenters. The van der Waals surface area contributed by atoms with Crippen molar-refractivity contribution < 1.29 is 14.5 Å². The van der Waals surface area contributed by atoms with Gasteiger partial charge in [-0.2, -0.15) is 0 Å². The molecule has 1 aliphatic heterocycles. The molecule has 0 saturated carbocycles. The van der Waals surface area contributed by atoms with Gasteiger partial charge in [-0.1, -0.05) is 12.1 Å². The van der Waals surface area contributed by atoms with Crippen molar-refractivity contribution >= 4 is 50.5 Å². The first-order valence-electron chi connectivity index (χ1n) is 11.3.